The molecule has 0 saturated heterocycles. The van der Waals surface area contributed by atoms with Crippen molar-refractivity contribution in [1.82, 2.24) is 4.90 Å². The Morgan fingerprint density at radius 2 is 1.16 bits per heavy atom. The molecule has 31 heavy (non-hydrogen) atoms. The van der Waals surface area contributed by atoms with Crippen LogP contribution in [-0.4, -0.2) is 117 Å². The maximum Gasteiger partial charge on any atom is 0.409 e. The van der Waals surface area contributed by atoms with Gasteiger partial charge in [0.1, 0.15) is 0 Å². The van der Waals surface area contributed by atoms with Gasteiger partial charge in [0.25, 0.3) is 0 Å². The molecule has 0 saturated carbocycles. The Balaban J connectivity index is 3.15. The number of hydrogen-bond acceptors (Lipinski definition) is 9. The first-order valence-electron chi connectivity index (χ1n) is 10.6. The lowest BCUT2D eigenvalue weighted by molar-refractivity contribution is -0.0169. The van der Waals surface area contributed by atoms with E-state index in [0.29, 0.717) is 99.0 Å². The zero-order chi connectivity index (χ0) is 22.8. The molecule has 0 aromatic carbocycles. The predicted octanol–water partition coefficient (Wildman–Crippen LogP) is 1.87. The van der Waals surface area contributed by atoms with Crippen LogP contribution in [0.2, 0.25) is 0 Å². The molecule has 1 amide bonds. The molecule has 0 aromatic heterocycles. The number of nitrogens with zero attached hydrogens (tertiary/aromatic N) is 4. The van der Waals surface area contributed by atoms with Gasteiger partial charge in [0, 0.05) is 25.0 Å². The summed E-state index contributed by atoms with van der Waals surface area (Å²) in [6, 6.07) is 0. The molecular weight excluding hydrogens is 412 g/mol. The average molecular weight is 451 g/mol. The lowest BCUT2D eigenvalue weighted by Gasteiger charge is -2.16. The number of carbonyl (C=O) groups excluding carboxylic acids is 1. The van der Waals surface area contributed by atoms with Crippen LogP contribution in [0.3, 0.4) is 0 Å². The number of azide groups is 1. The molecule has 0 aliphatic rings. The van der Waals surface area contributed by atoms with Crippen molar-refractivity contribution >= 4 is 6.09 Å². The zero-order valence-corrected chi connectivity index (χ0v) is 18.9. The number of rotatable bonds is 23. The van der Waals surface area contributed by atoms with Crippen molar-refractivity contribution in [2.45, 2.75) is 13.3 Å². The number of ether oxygens (including phenoxy) is 7. The van der Waals surface area contributed by atoms with Gasteiger partial charge in [0.15, 0.2) is 0 Å². The quantitative estimate of drug-likeness (QED) is 0.0997. The third-order valence-electron chi connectivity index (χ3n) is 3.57. The van der Waals surface area contributed by atoms with Gasteiger partial charge in [-0.25, -0.2) is 4.79 Å². The normalized spacial score (nSPS) is 10.6. The summed E-state index contributed by atoms with van der Waals surface area (Å²) in [5.41, 5.74) is 8.09. The van der Waals surface area contributed by atoms with Crippen LogP contribution in [0.5, 0.6) is 0 Å². The Hall–Kier alpha value is -1.66. The number of likely N-dealkylation sites (N-methyl/N-ethyl adjacent to an activating group) is 1. The lowest BCUT2D eigenvalue weighted by atomic mass is 10.5. The average Bonchev–Trinajstić information content (AvgIpc) is 2.78. The number of amides is 1. The van der Waals surface area contributed by atoms with Crippen molar-refractivity contribution in [2.24, 2.45) is 5.11 Å². The highest BCUT2D eigenvalue weighted by Gasteiger charge is 2.08. The summed E-state index contributed by atoms with van der Waals surface area (Å²) >= 11 is 0. The van der Waals surface area contributed by atoms with E-state index in [1.807, 2.05) is 6.92 Å². The van der Waals surface area contributed by atoms with E-state index < -0.39 is 0 Å². The molecule has 0 unspecified atom stereocenters. The molecule has 0 aromatic rings. The smallest absolute Gasteiger partial charge is 0.409 e. The molecule has 0 bridgehead atoms. The Morgan fingerprint density at radius 1 is 0.742 bits per heavy atom. The third kappa shape index (κ3) is 22.8. The number of carbonyl (C=O) groups is 1. The van der Waals surface area contributed by atoms with Crippen LogP contribution in [0.25, 0.3) is 10.4 Å². The first kappa shape index (κ1) is 29.3. The van der Waals surface area contributed by atoms with Crippen molar-refractivity contribution < 1.29 is 38.0 Å². The van der Waals surface area contributed by atoms with Gasteiger partial charge in [-0.1, -0.05) is 12.0 Å². The minimum absolute atomic E-state index is 0.328. The van der Waals surface area contributed by atoms with E-state index in [9.17, 15) is 4.79 Å². The molecule has 0 rings (SSSR count). The fourth-order valence-electron chi connectivity index (χ4n) is 1.94. The molecule has 0 fully saturated rings. The van der Waals surface area contributed by atoms with Crippen molar-refractivity contribution in [1.29, 1.82) is 0 Å². The Bertz CT molecular complexity index is 453. The zero-order valence-electron chi connectivity index (χ0n) is 18.9. The highest BCUT2D eigenvalue weighted by molar-refractivity contribution is 5.67. The monoisotopic (exact) mass is 450 g/mol. The molecule has 0 spiro atoms. The van der Waals surface area contributed by atoms with E-state index >= 15 is 0 Å². The SMILES string of the molecule is CCCOC(=O)N(C)CCOCCOCCOCCOCCOCCOCCN=[N+]=[N-]. The molecule has 12 nitrogen and oxygen atoms in total. The molecule has 0 radical (unpaired) electrons. The molecule has 12 heteroatoms. The summed E-state index contributed by atoms with van der Waals surface area (Å²) in [6.07, 6.45) is 0.472. The van der Waals surface area contributed by atoms with Gasteiger partial charge in [-0.15, -0.1) is 0 Å². The second kappa shape index (κ2) is 24.6. The van der Waals surface area contributed by atoms with Crippen LogP contribution in [0, 0.1) is 0 Å². The molecule has 0 aliphatic heterocycles. The summed E-state index contributed by atoms with van der Waals surface area (Å²) in [6.45, 7) is 8.79. The largest absolute Gasteiger partial charge is 0.449 e. The fourth-order valence-corrected chi connectivity index (χ4v) is 1.94. The lowest BCUT2D eigenvalue weighted by Crippen LogP contribution is -2.31. The van der Waals surface area contributed by atoms with Crippen molar-refractivity contribution in [3.63, 3.8) is 0 Å². The van der Waals surface area contributed by atoms with Gasteiger partial charge in [-0.3, -0.25) is 0 Å². The topological polar surface area (TPSA) is 134 Å². The number of hydrogen-bond donors (Lipinski definition) is 0. The summed E-state index contributed by atoms with van der Waals surface area (Å²) < 4.78 is 37.1. The first-order valence-corrected chi connectivity index (χ1v) is 10.6. The van der Waals surface area contributed by atoms with Gasteiger partial charge in [-0.05, 0) is 12.0 Å². The van der Waals surface area contributed by atoms with Crippen LogP contribution in [0.1, 0.15) is 13.3 Å². The van der Waals surface area contributed by atoms with Crippen LogP contribution < -0.4 is 0 Å². The second-order valence-corrected chi connectivity index (χ2v) is 6.16. The van der Waals surface area contributed by atoms with Crippen LogP contribution in [-0.2, 0) is 33.2 Å². The van der Waals surface area contributed by atoms with E-state index in [-0.39, 0.29) is 6.09 Å². The highest BCUT2D eigenvalue weighted by atomic mass is 16.6. The molecular formula is C19H38N4O8. The van der Waals surface area contributed by atoms with Crippen LogP contribution in [0.15, 0.2) is 5.11 Å². The van der Waals surface area contributed by atoms with Gasteiger partial charge in [-0.2, -0.15) is 0 Å². The Morgan fingerprint density at radius 3 is 1.58 bits per heavy atom. The third-order valence-corrected chi connectivity index (χ3v) is 3.57. The van der Waals surface area contributed by atoms with Gasteiger partial charge < -0.3 is 38.1 Å². The maximum atomic E-state index is 11.5. The molecule has 0 heterocycles. The summed E-state index contributed by atoms with van der Waals surface area (Å²) in [7, 11) is 1.68. The van der Waals surface area contributed by atoms with Crippen LogP contribution in [0.4, 0.5) is 4.79 Å². The van der Waals surface area contributed by atoms with E-state index in [1.165, 1.54) is 4.90 Å². The summed E-state index contributed by atoms with van der Waals surface area (Å²) in [4.78, 5) is 15.6. The Labute approximate surface area is 184 Å². The van der Waals surface area contributed by atoms with Crippen molar-refractivity contribution in [3.05, 3.63) is 10.4 Å². The second-order valence-electron chi connectivity index (χ2n) is 6.16. The van der Waals surface area contributed by atoms with Crippen molar-refractivity contribution in [2.75, 3.05) is 106 Å². The fraction of sp³-hybridized carbons (Fsp3) is 0.947. The van der Waals surface area contributed by atoms with E-state index in [0.717, 1.165) is 6.42 Å². The van der Waals surface area contributed by atoms with Crippen molar-refractivity contribution in [3.8, 4) is 0 Å². The minimum Gasteiger partial charge on any atom is -0.449 e. The van der Waals surface area contributed by atoms with Gasteiger partial charge >= 0.3 is 6.09 Å². The first-order chi connectivity index (χ1) is 15.2. The molecule has 0 aliphatic carbocycles. The van der Waals surface area contributed by atoms with E-state index in [4.69, 9.17) is 38.7 Å². The van der Waals surface area contributed by atoms with Gasteiger partial charge in [0.2, 0.25) is 0 Å². The van der Waals surface area contributed by atoms with Gasteiger partial charge in [0.05, 0.1) is 85.9 Å². The molecule has 0 N–H and O–H groups in total. The maximum absolute atomic E-state index is 11.5. The highest BCUT2D eigenvalue weighted by Crippen LogP contribution is 1.92. The molecule has 0 atom stereocenters. The Kier molecular flexibility index (Phi) is 23.3. The summed E-state index contributed by atoms with van der Waals surface area (Å²) in [5, 5.41) is 3.36. The molecule has 182 valence electrons. The minimum atomic E-state index is -0.333. The predicted molar refractivity (Wildman–Crippen MR) is 113 cm³/mol. The summed E-state index contributed by atoms with van der Waals surface area (Å²) in [5.74, 6) is 0. The van der Waals surface area contributed by atoms with E-state index in [1.54, 1.807) is 7.05 Å². The van der Waals surface area contributed by atoms with E-state index in [2.05, 4.69) is 10.0 Å². The van der Waals surface area contributed by atoms with Crippen LogP contribution >= 0.6 is 0 Å². The standard InChI is InChI=1S/C19H38N4O8/c1-3-6-31-19(24)23(2)5-8-26-10-12-28-14-16-30-18-17-29-15-13-27-11-9-25-7-4-21-22-20/h3-18H2,1-2H3.